The number of aliphatic hydroxyl groups excluding tert-OH is 11. The smallest absolute Gasteiger partial charge is 0.220 e. The molecule has 68 heavy (non-hydrogen) atoms. The molecule has 0 radical (unpaired) electrons. The monoisotopic (exact) mass is 980 g/mol. The van der Waals surface area contributed by atoms with Crippen LogP contribution in [0.1, 0.15) is 149 Å². The molecule has 3 saturated heterocycles. The van der Waals surface area contributed by atoms with Crippen LogP contribution in [0.15, 0.2) is 24.3 Å². The maximum absolute atomic E-state index is 13.0. The molecule has 0 aliphatic carbocycles. The minimum Gasteiger partial charge on any atom is -0.394 e. The van der Waals surface area contributed by atoms with E-state index in [9.17, 15) is 61.0 Å². The molecule has 17 atom stereocenters. The summed E-state index contributed by atoms with van der Waals surface area (Å²) in [4.78, 5) is 13.0. The zero-order valence-corrected chi connectivity index (χ0v) is 40.6. The first-order valence-electron chi connectivity index (χ1n) is 25.6. The van der Waals surface area contributed by atoms with Crippen LogP contribution in [-0.2, 0) is 33.2 Å². The SMILES string of the molecule is CCCCCCCCCCCCCC/C=C/CC/C=C/C(O)C(COC1OC(CO)C(OC2OC(CO)C(OC3OC(CO)C(O)C(O)C3O)C(O)C2O)C(O)C1O)NC(=O)CCCCCCC. The third-order valence-electron chi connectivity index (χ3n) is 13.0. The molecular weight excluding hydrogens is 891 g/mol. The largest absolute Gasteiger partial charge is 0.394 e. The van der Waals surface area contributed by atoms with Gasteiger partial charge < -0.3 is 89.9 Å². The summed E-state index contributed by atoms with van der Waals surface area (Å²) in [5, 5.41) is 119. The van der Waals surface area contributed by atoms with Crippen molar-refractivity contribution >= 4 is 5.91 Å². The lowest BCUT2D eigenvalue weighted by molar-refractivity contribution is -0.379. The molecular formula is C49H89NO18. The summed E-state index contributed by atoms with van der Waals surface area (Å²) in [6, 6.07) is -0.981. The van der Waals surface area contributed by atoms with E-state index in [1.807, 2.05) is 6.08 Å². The molecule has 3 heterocycles. The van der Waals surface area contributed by atoms with E-state index >= 15 is 0 Å². The number of ether oxygens (including phenoxy) is 6. The first-order chi connectivity index (χ1) is 32.8. The standard InChI is InChI=1S/C49H89NO18/c1-3-5-7-9-10-11-12-13-14-15-16-17-18-19-20-21-23-24-26-33(54)32(50-37(55)27-25-22-8-6-4-2)31-63-47-43(61)40(58)45(35(29-52)65-47)68-49-44(62)41(59)46(36(30-53)66-49)67-48-42(60)39(57)38(56)34(28-51)64-48/h19-20,24,26,32-36,38-49,51-54,56-62H,3-18,21-23,25,27-31H2,1-2H3,(H,50,55)/b20-19+,26-24+. The van der Waals surface area contributed by atoms with Crippen LogP contribution in [0.5, 0.6) is 0 Å². The summed E-state index contributed by atoms with van der Waals surface area (Å²) in [5.74, 6) is -0.301. The van der Waals surface area contributed by atoms with Crippen LogP contribution >= 0.6 is 0 Å². The predicted octanol–water partition coefficient (Wildman–Crippen LogP) is 1.64. The summed E-state index contributed by atoms with van der Waals surface area (Å²) in [6.45, 7) is 1.56. The molecule has 0 aromatic rings. The van der Waals surface area contributed by atoms with E-state index in [-0.39, 0.29) is 18.9 Å². The Morgan fingerprint density at radius 2 is 0.941 bits per heavy atom. The molecule has 17 unspecified atom stereocenters. The Kier molecular flexibility index (Phi) is 30.8. The topological polar surface area (TPSA) is 307 Å². The molecule has 12 N–H and O–H groups in total. The van der Waals surface area contributed by atoms with Gasteiger partial charge in [-0.3, -0.25) is 4.79 Å². The molecule has 19 nitrogen and oxygen atoms in total. The van der Waals surface area contributed by atoms with Gasteiger partial charge in [0.2, 0.25) is 5.91 Å². The van der Waals surface area contributed by atoms with Gasteiger partial charge in [-0.15, -0.1) is 0 Å². The van der Waals surface area contributed by atoms with E-state index in [4.69, 9.17) is 28.4 Å². The molecule has 19 heteroatoms. The van der Waals surface area contributed by atoms with Crippen LogP contribution in [0.4, 0.5) is 0 Å². The number of hydrogen-bond acceptors (Lipinski definition) is 18. The summed E-state index contributed by atoms with van der Waals surface area (Å²) in [7, 11) is 0. The molecule has 0 spiro atoms. The molecule has 3 aliphatic rings. The van der Waals surface area contributed by atoms with E-state index < -0.39 is 124 Å². The minimum atomic E-state index is -1.98. The number of carbonyl (C=O) groups excluding carboxylic acids is 1. The van der Waals surface area contributed by atoms with E-state index in [1.54, 1.807) is 6.08 Å². The fourth-order valence-corrected chi connectivity index (χ4v) is 8.67. The number of hydrogen-bond donors (Lipinski definition) is 12. The normalized spacial score (nSPS) is 33.3. The van der Waals surface area contributed by atoms with Gasteiger partial charge in [-0.05, 0) is 32.1 Å². The molecule has 0 aromatic carbocycles. The summed E-state index contributed by atoms with van der Waals surface area (Å²) in [5.41, 5.74) is 0. The van der Waals surface area contributed by atoms with Crippen molar-refractivity contribution in [3.8, 4) is 0 Å². The molecule has 0 aromatic heterocycles. The predicted molar refractivity (Wildman–Crippen MR) is 250 cm³/mol. The second kappa shape index (κ2) is 34.6. The van der Waals surface area contributed by atoms with Gasteiger partial charge in [0.25, 0.3) is 0 Å². The number of aliphatic hydroxyl groups is 11. The van der Waals surface area contributed by atoms with Gasteiger partial charge in [-0.1, -0.05) is 134 Å². The van der Waals surface area contributed by atoms with Gasteiger partial charge >= 0.3 is 0 Å². The third kappa shape index (κ3) is 20.4. The highest BCUT2D eigenvalue weighted by molar-refractivity contribution is 5.76. The number of amides is 1. The van der Waals surface area contributed by atoms with Crippen molar-refractivity contribution in [1.82, 2.24) is 5.32 Å². The molecule has 398 valence electrons. The molecule has 0 saturated carbocycles. The second-order valence-corrected chi connectivity index (χ2v) is 18.6. The van der Waals surface area contributed by atoms with Crippen molar-refractivity contribution < 1.29 is 89.4 Å². The fourth-order valence-electron chi connectivity index (χ4n) is 8.67. The number of rotatable bonds is 35. The van der Waals surface area contributed by atoms with E-state index in [0.29, 0.717) is 12.8 Å². The average molecular weight is 980 g/mol. The molecule has 1 amide bonds. The molecule has 3 rings (SSSR count). The maximum Gasteiger partial charge on any atom is 0.220 e. The second-order valence-electron chi connectivity index (χ2n) is 18.6. The van der Waals surface area contributed by atoms with Gasteiger partial charge in [0.05, 0.1) is 38.6 Å². The van der Waals surface area contributed by atoms with Gasteiger partial charge in [-0.25, -0.2) is 0 Å². The Morgan fingerprint density at radius 1 is 0.515 bits per heavy atom. The third-order valence-corrected chi connectivity index (χ3v) is 13.0. The van der Waals surface area contributed by atoms with E-state index in [0.717, 1.165) is 44.9 Å². The molecule has 3 aliphatic heterocycles. The number of carbonyl (C=O) groups is 1. The Morgan fingerprint density at radius 3 is 1.47 bits per heavy atom. The highest BCUT2D eigenvalue weighted by atomic mass is 16.8. The Bertz CT molecular complexity index is 1360. The zero-order chi connectivity index (χ0) is 49.8. The van der Waals surface area contributed by atoms with Crippen molar-refractivity contribution in [1.29, 1.82) is 0 Å². The van der Waals surface area contributed by atoms with E-state index in [2.05, 4.69) is 31.3 Å². The molecule has 0 bridgehead atoms. The maximum atomic E-state index is 13.0. The lowest BCUT2D eigenvalue weighted by Gasteiger charge is -2.48. The van der Waals surface area contributed by atoms with Gasteiger partial charge in [0.15, 0.2) is 18.9 Å². The van der Waals surface area contributed by atoms with Crippen LogP contribution in [-0.4, -0.2) is 193 Å². The first-order valence-corrected chi connectivity index (χ1v) is 25.6. The Balaban J connectivity index is 1.53. The van der Waals surface area contributed by atoms with Crippen molar-refractivity contribution in [3.05, 3.63) is 24.3 Å². The molecule has 3 fully saturated rings. The minimum absolute atomic E-state index is 0.231. The number of unbranched alkanes of at least 4 members (excludes halogenated alkanes) is 17. The van der Waals surface area contributed by atoms with Crippen LogP contribution < -0.4 is 5.32 Å². The van der Waals surface area contributed by atoms with Crippen molar-refractivity contribution in [2.45, 2.75) is 253 Å². The van der Waals surface area contributed by atoms with E-state index in [1.165, 1.54) is 70.6 Å². The van der Waals surface area contributed by atoms with Crippen molar-refractivity contribution in [2.24, 2.45) is 0 Å². The first kappa shape index (κ1) is 60.6. The van der Waals surface area contributed by atoms with Crippen molar-refractivity contribution in [3.63, 3.8) is 0 Å². The van der Waals surface area contributed by atoms with Crippen LogP contribution in [0.2, 0.25) is 0 Å². The quantitative estimate of drug-likeness (QED) is 0.0317. The van der Waals surface area contributed by atoms with Crippen LogP contribution in [0.3, 0.4) is 0 Å². The zero-order valence-electron chi connectivity index (χ0n) is 40.6. The summed E-state index contributed by atoms with van der Waals surface area (Å²) >= 11 is 0. The van der Waals surface area contributed by atoms with Gasteiger partial charge in [0.1, 0.15) is 73.2 Å². The fraction of sp³-hybridized carbons (Fsp3) is 0.898. The Hall–Kier alpha value is -1.73. The lowest BCUT2D eigenvalue weighted by atomic mass is 9.96. The average Bonchev–Trinajstić information content (AvgIpc) is 3.33. The van der Waals surface area contributed by atoms with Crippen LogP contribution in [0.25, 0.3) is 0 Å². The Labute approximate surface area is 403 Å². The number of nitrogens with one attached hydrogen (secondary N) is 1. The summed E-state index contributed by atoms with van der Waals surface area (Å²) in [6.07, 6.45) is 3.94. The highest BCUT2D eigenvalue weighted by Gasteiger charge is 2.53. The lowest BCUT2D eigenvalue weighted by Crippen LogP contribution is -2.66. The highest BCUT2D eigenvalue weighted by Crippen LogP contribution is 2.33. The number of allylic oxidation sites excluding steroid dienone is 3. The van der Waals surface area contributed by atoms with Gasteiger partial charge in [0, 0.05) is 6.42 Å². The van der Waals surface area contributed by atoms with Crippen molar-refractivity contribution in [2.75, 3.05) is 26.4 Å². The summed E-state index contributed by atoms with van der Waals surface area (Å²) < 4.78 is 34.0. The van der Waals surface area contributed by atoms with Gasteiger partial charge in [-0.2, -0.15) is 0 Å². The van der Waals surface area contributed by atoms with Crippen LogP contribution in [0, 0.1) is 0 Å².